The van der Waals surface area contributed by atoms with E-state index in [1.807, 2.05) is 13.0 Å². The molecule has 1 unspecified atom stereocenters. The molecule has 74 valence electrons. The van der Waals surface area contributed by atoms with Gasteiger partial charge in [0.2, 0.25) is 11.1 Å². The van der Waals surface area contributed by atoms with E-state index in [1.165, 1.54) is 0 Å². The monoisotopic (exact) mass is 210 g/mol. The molecular formula is C9H10N2O2S. The molecule has 0 aliphatic carbocycles. The summed E-state index contributed by atoms with van der Waals surface area (Å²) in [5, 5.41) is 0.194. The van der Waals surface area contributed by atoms with E-state index in [1.54, 1.807) is 12.1 Å². The van der Waals surface area contributed by atoms with Crippen molar-refractivity contribution in [2.45, 2.75) is 18.4 Å². The maximum absolute atomic E-state index is 10.8. The number of aromatic amines is 1. The lowest BCUT2D eigenvalue weighted by Gasteiger charge is -1.93. The standard InChI is InChI=1S/C9H10N2O2S/c1-2-6-5-8-7(10-6)3-4-9(11-8)14(12)13/h3-5,10H,2H2,1H3,(H,12,13). The Labute approximate surface area is 83.6 Å². The summed E-state index contributed by atoms with van der Waals surface area (Å²) in [5.41, 5.74) is 2.71. The smallest absolute Gasteiger partial charge is 0.205 e. The van der Waals surface area contributed by atoms with E-state index < -0.39 is 11.1 Å². The van der Waals surface area contributed by atoms with Gasteiger partial charge in [-0.1, -0.05) is 6.92 Å². The van der Waals surface area contributed by atoms with Crippen LogP contribution in [-0.4, -0.2) is 18.7 Å². The first-order chi connectivity index (χ1) is 6.70. The summed E-state index contributed by atoms with van der Waals surface area (Å²) in [7, 11) is 0. The van der Waals surface area contributed by atoms with Crippen molar-refractivity contribution < 1.29 is 8.76 Å². The Bertz CT molecular complexity index is 493. The molecule has 14 heavy (non-hydrogen) atoms. The van der Waals surface area contributed by atoms with Gasteiger partial charge in [0, 0.05) is 5.69 Å². The normalized spacial score (nSPS) is 13.3. The van der Waals surface area contributed by atoms with Crippen LogP contribution >= 0.6 is 0 Å². The van der Waals surface area contributed by atoms with E-state index in [2.05, 4.69) is 9.97 Å². The molecule has 0 aliphatic heterocycles. The van der Waals surface area contributed by atoms with Gasteiger partial charge in [0.25, 0.3) is 0 Å². The minimum absolute atomic E-state index is 0.194. The topological polar surface area (TPSA) is 66.0 Å². The van der Waals surface area contributed by atoms with Crippen LogP contribution in [0.1, 0.15) is 12.6 Å². The number of pyridine rings is 1. The molecule has 0 aliphatic rings. The number of nitrogens with zero attached hydrogens (tertiary/aromatic N) is 1. The molecule has 2 aromatic rings. The second kappa shape index (κ2) is 3.51. The highest BCUT2D eigenvalue weighted by Crippen LogP contribution is 2.15. The van der Waals surface area contributed by atoms with Crippen molar-refractivity contribution in [3.8, 4) is 0 Å². The first kappa shape index (κ1) is 9.36. The Morgan fingerprint density at radius 3 is 3.00 bits per heavy atom. The predicted molar refractivity (Wildman–Crippen MR) is 54.5 cm³/mol. The molecule has 2 aromatic heterocycles. The van der Waals surface area contributed by atoms with Gasteiger partial charge >= 0.3 is 0 Å². The zero-order valence-corrected chi connectivity index (χ0v) is 8.47. The predicted octanol–water partition coefficient (Wildman–Crippen LogP) is 1.71. The highest BCUT2D eigenvalue weighted by molar-refractivity contribution is 7.79. The van der Waals surface area contributed by atoms with Crippen molar-refractivity contribution in [1.82, 2.24) is 9.97 Å². The average molecular weight is 210 g/mol. The fourth-order valence-corrected chi connectivity index (χ4v) is 1.69. The maximum atomic E-state index is 10.8. The van der Waals surface area contributed by atoms with Crippen LogP contribution in [0.25, 0.3) is 11.0 Å². The average Bonchev–Trinajstić information content (AvgIpc) is 2.58. The Kier molecular flexibility index (Phi) is 2.35. The number of hydrogen-bond donors (Lipinski definition) is 2. The summed E-state index contributed by atoms with van der Waals surface area (Å²) in [6.07, 6.45) is 0.897. The molecule has 0 amide bonds. The highest BCUT2D eigenvalue weighted by atomic mass is 32.2. The van der Waals surface area contributed by atoms with Crippen molar-refractivity contribution in [2.75, 3.05) is 0 Å². The molecule has 5 heteroatoms. The number of nitrogens with one attached hydrogen (secondary N) is 1. The van der Waals surface area contributed by atoms with Gasteiger partial charge in [0.05, 0.1) is 11.0 Å². The van der Waals surface area contributed by atoms with Gasteiger partial charge in [0.1, 0.15) is 0 Å². The van der Waals surface area contributed by atoms with Crippen molar-refractivity contribution >= 4 is 22.1 Å². The molecule has 0 aromatic carbocycles. The van der Waals surface area contributed by atoms with Crippen molar-refractivity contribution in [3.05, 3.63) is 23.9 Å². The Morgan fingerprint density at radius 2 is 2.36 bits per heavy atom. The van der Waals surface area contributed by atoms with Crippen molar-refractivity contribution in [1.29, 1.82) is 0 Å². The molecule has 1 atom stereocenters. The Hall–Kier alpha value is -1.20. The summed E-state index contributed by atoms with van der Waals surface area (Å²) in [5.74, 6) is 0. The lowest BCUT2D eigenvalue weighted by atomic mass is 10.3. The highest BCUT2D eigenvalue weighted by Gasteiger charge is 2.05. The summed E-state index contributed by atoms with van der Waals surface area (Å²) >= 11 is -2.00. The van der Waals surface area contributed by atoms with Gasteiger partial charge in [0.15, 0.2) is 5.03 Å². The first-order valence-corrected chi connectivity index (χ1v) is 5.41. The van der Waals surface area contributed by atoms with Crippen molar-refractivity contribution in [3.63, 3.8) is 0 Å². The number of hydrogen-bond acceptors (Lipinski definition) is 2. The zero-order chi connectivity index (χ0) is 10.1. The summed E-state index contributed by atoms with van der Waals surface area (Å²) in [6.45, 7) is 2.04. The second-order valence-corrected chi connectivity index (χ2v) is 3.90. The largest absolute Gasteiger partial charge is 0.357 e. The minimum Gasteiger partial charge on any atom is -0.357 e. The van der Waals surface area contributed by atoms with Crippen LogP contribution in [0.4, 0.5) is 0 Å². The molecule has 2 heterocycles. The number of aromatic nitrogens is 2. The lowest BCUT2D eigenvalue weighted by molar-refractivity contribution is 0.561. The molecule has 0 spiro atoms. The Balaban J connectivity index is 2.59. The molecule has 2 N–H and O–H groups in total. The van der Waals surface area contributed by atoms with Gasteiger partial charge in [-0.2, -0.15) is 0 Å². The van der Waals surface area contributed by atoms with Gasteiger partial charge in [-0.05, 0) is 24.6 Å². The Morgan fingerprint density at radius 1 is 1.57 bits per heavy atom. The second-order valence-electron chi connectivity index (χ2n) is 2.98. The maximum Gasteiger partial charge on any atom is 0.205 e. The summed E-state index contributed by atoms with van der Waals surface area (Å²) < 4.78 is 19.6. The number of fused-ring (bicyclic) bond motifs is 1. The zero-order valence-electron chi connectivity index (χ0n) is 7.65. The van der Waals surface area contributed by atoms with E-state index in [-0.39, 0.29) is 5.03 Å². The third-order valence-electron chi connectivity index (χ3n) is 2.07. The van der Waals surface area contributed by atoms with E-state index in [9.17, 15) is 4.21 Å². The molecule has 0 fully saturated rings. The molecule has 0 radical (unpaired) electrons. The van der Waals surface area contributed by atoms with Gasteiger partial charge in [-0.3, -0.25) is 0 Å². The molecular weight excluding hydrogens is 200 g/mol. The van der Waals surface area contributed by atoms with Crippen LogP contribution in [0.3, 0.4) is 0 Å². The summed E-state index contributed by atoms with van der Waals surface area (Å²) in [6, 6.07) is 5.21. The quantitative estimate of drug-likeness (QED) is 0.741. The number of H-pyrrole nitrogens is 1. The van der Waals surface area contributed by atoms with Crippen molar-refractivity contribution in [2.24, 2.45) is 0 Å². The molecule has 4 nitrogen and oxygen atoms in total. The van der Waals surface area contributed by atoms with Gasteiger partial charge < -0.3 is 9.54 Å². The van der Waals surface area contributed by atoms with Gasteiger partial charge in [-0.25, -0.2) is 9.19 Å². The first-order valence-electron chi connectivity index (χ1n) is 4.30. The fourth-order valence-electron chi connectivity index (χ4n) is 1.33. The van der Waals surface area contributed by atoms with E-state index in [0.717, 1.165) is 23.1 Å². The molecule has 2 rings (SSSR count). The lowest BCUT2D eigenvalue weighted by Crippen LogP contribution is -1.91. The molecule has 0 saturated heterocycles. The van der Waals surface area contributed by atoms with Crippen LogP contribution in [0, 0.1) is 0 Å². The fraction of sp³-hybridized carbons (Fsp3) is 0.222. The van der Waals surface area contributed by atoms with E-state index >= 15 is 0 Å². The molecule has 0 saturated carbocycles. The van der Waals surface area contributed by atoms with Crippen LogP contribution in [-0.2, 0) is 17.5 Å². The molecule has 0 bridgehead atoms. The van der Waals surface area contributed by atoms with Crippen LogP contribution < -0.4 is 0 Å². The van der Waals surface area contributed by atoms with E-state index in [4.69, 9.17) is 4.55 Å². The third-order valence-corrected chi connectivity index (χ3v) is 2.65. The number of aryl methyl sites for hydroxylation is 1. The van der Waals surface area contributed by atoms with E-state index in [0.29, 0.717) is 0 Å². The van der Waals surface area contributed by atoms with Gasteiger partial charge in [-0.15, -0.1) is 0 Å². The van der Waals surface area contributed by atoms with Crippen LogP contribution in [0.2, 0.25) is 0 Å². The van der Waals surface area contributed by atoms with Crippen LogP contribution in [0.5, 0.6) is 0 Å². The SMILES string of the molecule is CCc1cc2nc(S(=O)O)ccc2[nH]1. The third kappa shape index (κ3) is 1.56. The summed E-state index contributed by atoms with van der Waals surface area (Å²) in [4.78, 5) is 7.23. The number of rotatable bonds is 2. The van der Waals surface area contributed by atoms with Crippen LogP contribution in [0.15, 0.2) is 23.2 Å². The minimum atomic E-state index is -2.00.